The van der Waals surface area contributed by atoms with Crippen LogP contribution in [0.4, 0.5) is 4.79 Å². The molecule has 0 aromatic heterocycles. The van der Waals surface area contributed by atoms with Crippen LogP contribution >= 0.6 is 0 Å². The zero-order valence-electron chi connectivity index (χ0n) is 12.9. The van der Waals surface area contributed by atoms with Crippen LogP contribution in [-0.2, 0) is 14.4 Å². The number of morpholine rings is 1. The molecule has 0 saturated carbocycles. The summed E-state index contributed by atoms with van der Waals surface area (Å²) in [7, 11) is 0. The Labute approximate surface area is 129 Å². The van der Waals surface area contributed by atoms with Crippen LogP contribution in [0.2, 0.25) is 0 Å². The van der Waals surface area contributed by atoms with Crippen molar-refractivity contribution in [3.05, 3.63) is 0 Å². The van der Waals surface area contributed by atoms with Crippen molar-refractivity contribution < 1.29 is 19.2 Å². The summed E-state index contributed by atoms with van der Waals surface area (Å²) in [4.78, 5) is 33.4. The van der Waals surface area contributed by atoms with Crippen LogP contribution in [0.25, 0.3) is 0 Å². The van der Waals surface area contributed by atoms with Crippen LogP contribution in [-0.4, -0.2) is 79.0 Å². The lowest BCUT2D eigenvalue weighted by Crippen LogP contribution is -2.46. The molecule has 0 radical (unpaired) electrons. The molecule has 3 heterocycles. The van der Waals surface area contributed by atoms with Gasteiger partial charge < -0.3 is 24.7 Å². The van der Waals surface area contributed by atoms with Crippen LogP contribution < -0.4 is 5.32 Å². The molecule has 2 fully saturated rings. The predicted molar refractivity (Wildman–Crippen MR) is 78.4 cm³/mol. The van der Waals surface area contributed by atoms with Gasteiger partial charge in [-0.1, -0.05) is 5.16 Å². The zero-order chi connectivity index (χ0) is 15.7. The van der Waals surface area contributed by atoms with Crippen LogP contribution in [0, 0.1) is 5.92 Å². The predicted octanol–water partition coefficient (Wildman–Crippen LogP) is -0.350. The molecule has 22 heavy (non-hydrogen) atoms. The van der Waals surface area contributed by atoms with E-state index in [2.05, 4.69) is 10.5 Å². The van der Waals surface area contributed by atoms with E-state index in [4.69, 9.17) is 9.57 Å². The Morgan fingerprint density at radius 3 is 2.64 bits per heavy atom. The number of ether oxygens (including phenoxy) is 1. The first kappa shape index (κ1) is 15.1. The number of hydrogen-bond donors (Lipinski definition) is 1. The molecule has 122 valence electrons. The molecule has 0 aromatic rings. The number of urea groups is 1. The van der Waals surface area contributed by atoms with Crippen molar-refractivity contribution in [1.29, 1.82) is 0 Å². The first-order valence-electron chi connectivity index (χ1n) is 7.72. The number of nitrogens with zero attached hydrogens (tertiary/aromatic N) is 3. The Bertz CT molecular complexity index is 487. The van der Waals surface area contributed by atoms with E-state index < -0.39 is 0 Å². The fraction of sp³-hybridized carbons (Fsp3) is 0.786. The second-order valence-corrected chi connectivity index (χ2v) is 6.14. The summed E-state index contributed by atoms with van der Waals surface area (Å²) >= 11 is 0. The average Bonchev–Trinajstić information content (AvgIpc) is 3.07. The molecule has 2 atom stereocenters. The molecule has 0 spiro atoms. The minimum absolute atomic E-state index is 0.0805. The third-order valence-corrected chi connectivity index (χ3v) is 4.12. The SMILES string of the molecule is CC(C)NC(=O)N1CC2ON=C(C(=O)N3CCOCC3)C2C1. The quantitative estimate of drug-likeness (QED) is 0.756. The van der Waals surface area contributed by atoms with Gasteiger partial charge >= 0.3 is 6.03 Å². The molecule has 0 bridgehead atoms. The highest BCUT2D eigenvalue weighted by atomic mass is 16.6. The fourth-order valence-electron chi connectivity index (χ4n) is 2.97. The molecule has 3 amide bonds. The Balaban J connectivity index is 1.62. The Morgan fingerprint density at radius 2 is 1.95 bits per heavy atom. The van der Waals surface area contributed by atoms with Crippen LogP contribution in [0.3, 0.4) is 0 Å². The van der Waals surface area contributed by atoms with E-state index in [9.17, 15) is 9.59 Å². The third-order valence-electron chi connectivity index (χ3n) is 4.12. The lowest BCUT2D eigenvalue weighted by Gasteiger charge is -2.27. The third kappa shape index (κ3) is 2.87. The van der Waals surface area contributed by atoms with E-state index in [0.717, 1.165) is 0 Å². The smallest absolute Gasteiger partial charge is 0.317 e. The molecule has 8 heteroatoms. The molecule has 3 rings (SSSR count). The molecule has 3 aliphatic rings. The van der Waals surface area contributed by atoms with Gasteiger partial charge in [0.25, 0.3) is 5.91 Å². The number of nitrogens with one attached hydrogen (secondary N) is 1. The van der Waals surface area contributed by atoms with Crippen molar-refractivity contribution in [3.63, 3.8) is 0 Å². The molecule has 3 aliphatic heterocycles. The van der Waals surface area contributed by atoms with Gasteiger partial charge in [0, 0.05) is 25.7 Å². The van der Waals surface area contributed by atoms with E-state index in [1.807, 2.05) is 13.8 Å². The zero-order valence-corrected chi connectivity index (χ0v) is 12.9. The monoisotopic (exact) mass is 310 g/mol. The van der Waals surface area contributed by atoms with Gasteiger partial charge in [-0.15, -0.1) is 0 Å². The van der Waals surface area contributed by atoms with Gasteiger partial charge in [0.2, 0.25) is 0 Å². The van der Waals surface area contributed by atoms with Gasteiger partial charge in [-0.05, 0) is 13.8 Å². The maximum atomic E-state index is 12.5. The topological polar surface area (TPSA) is 83.5 Å². The molecular formula is C14H22N4O4. The fourth-order valence-corrected chi connectivity index (χ4v) is 2.97. The van der Waals surface area contributed by atoms with Crippen molar-refractivity contribution in [3.8, 4) is 0 Å². The summed E-state index contributed by atoms with van der Waals surface area (Å²) < 4.78 is 5.26. The van der Waals surface area contributed by atoms with Crippen LogP contribution in [0.5, 0.6) is 0 Å². The largest absolute Gasteiger partial charge is 0.389 e. The van der Waals surface area contributed by atoms with E-state index in [1.165, 1.54) is 0 Å². The highest BCUT2D eigenvalue weighted by Gasteiger charge is 2.47. The number of rotatable bonds is 2. The summed E-state index contributed by atoms with van der Waals surface area (Å²) in [6.45, 7) is 7.03. The van der Waals surface area contributed by atoms with E-state index in [0.29, 0.717) is 45.1 Å². The van der Waals surface area contributed by atoms with Gasteiger partial charge in [-0.3, -0.25) is 4.79 Å². The number of oxime groups is 1. The molecule has 2 saturated heterocycles. The minimum atomic E-state index is -0.210. The van der Waals surface area contributed by atoms with E-state index in [-0.39, 0.29) is 30.0 Å². The first-order chi connectivity index (χ1) is 10.6. The standard InChI is InChI=1S/C14H22N4O4/c1-9(2)15-14(20)18-7-10-11(8-18)22-16-12(10)13(19)17-3-5-21-6-4-17/h9-11H,3-8H2,1-2H3,(H,15,20). The summed E-state index contributed by atoms with van der Waals surface area (Å²) in [5.41, 5.74) is 0.437. The van der Waals surface area contributed by atoms with Crippen molar-refractivity contribution in [2.24, 2.45) is 11.1 Å². The Morgan fingerprint density at radius 1 is 1.23 bits per heavy atom. The number of carbonyl (C=O) groups excluding carboxylic acids is 2. The first-order valence-corrected chi connectivity index (χ1v) is 7.72. The molecule has 8 nitrogen and oxygen atoms in total. The highest BCUT2D eigenvalue weighted by molar-refractivity contribution is 6.40. The maximum Gasteiger partial charge on any atom is 0.317 e. The van der Waals surface area contributed by atoms with Gasteiger partial charge in [0.1, 0.15) is 0 Å². The molecular weight excluding hydrogens is 288 g/mol. The normalized spacial score (nSPS) is 27.5. The number of likely N-dealkylation sites (tertiary alicyclic amines) is 1. The number of carbonyl (C=O) groups is 2. The Kier molecular flexibility index (Phi) is 4.19. The maximum absolute atomic E-state index is 12.5. The summed E-state index contributed by atoms with van der Waals surface area (Å²) in [6.07, 6.45) is -0.210. The number of hydrogen-bond acceptors (Lipinski definition) is 5. The average molecular weight is 310 g/mol. The van der Waals surface area contributed by atoms with Crippen molar-refractivity contribution in [2.45, 2.75) is 26.0 Å². The molecule has 0 aliphatic carbocycles. The van der Waals surface area contributed by atoms with Gasteiger partial charge in [-0.2, -0.15) is 0 Å². The van der Waals surface area contributed by atoms with Gasteiger partial charge in [0.05, 0.1) is 25.7 Å². The van der Waals surface area contributed by atoms with Crippen LogP contribution in [0.15, 0.2) is 5.16 Å². The summed E-state index contributed by atoms with van der Waals surface area (Å²) in [6, 6.07) is -0.0388. The van der Waals surface area contributed by atoms with E-state index >= 15 is 0 Å². The summed E-state index contributed by atoms with van der Waals surface area (Å²) in [5.74, 6) is -0.227. The molecule has 0 aromatic carbocycles. The second kappa shape index (κ2) is 6.12. The molecule has 1 N–H and O–H groups in total. The van der Waals surface area contributed by atoms with Crippen molar-refractivity contribution in [1.82, 2.24) is 15.1 Å². The van der Waals surface area contributed by atoms with Crippen molar-refractivity contribution in [2.75, 3.05) is 39.4 Å². The second-order valence-electron chi connectivity index (χ2n) is 6.14. The van der Waals surface area contributed by atoms with Gasteiger partial charge in [0.15, 0.2) is 11.8 Å². The van der Waals surface area contributed by atoms with Crippen LogP contribution in [0.1, 0.15) is 13.8 Å². The molecule has 2 unspecified atom stereocenters. The van der Waals surface area contributed by atoms with Gasteiger partial charge in [-0.25, -0.2) is 4.79 Å². The highest BCUT2D eigenvalue weighted by Crippen LogP contribution is 2.28. The number of amides is 3. The Hall–Kier alpha value is -1.83. The lowest BCUT2D eigenvalue weighted by atomic mass is 10.00. The number of fused-ring (bicyclic) bond motifs is 1. The minimum Gasteiger partial charge on any atom is -0.389 e. The van der Waals surface area contributed by atoms with Crippen molar-refractivity contribution >= 4 is 17.6 Å². The lowest BCUT2D eigenvalue weighted by molar-refractivity contribution is -0.128. The summed E-state index contributed by atoms with van der Waals surface area (Å²) in [5, 5.41) is 6.84. The van der Waals surface area contributed by atoms with E-state index in [1.54, 1.807) is 9.80 Å².